The van der Waals surface area contributed by atoms with Crippen molar-refractivity contribution < 1.29 is 13.8 Å². The van der Waals surface area contributed by atoms with Crippen LogP contribution in [-0.2, 0) is 0 Å². The van der Waals surface area contributed by atoms with Gasteiger partial charge in [0.2, 0.25) is 0 Å². The molecule has 0 saturated heterocycles. The molecule has 0 unspecified atom stereocenters. The molecule has 0 atom stereocenters. The number of pyridine rings is 1. The molecular formula is C12H15F2N3O. The molecular weight excluding hydrogens is 240 g/mol. The zero-order valence-corrected chi connectivity index (χ0v) is 9.93. The van der Waals surface area contributed by atoms with Crippen molar-refractivity contribution in [1.82, 2.24) is 10.3 Å². The highest BCUT2D eigenvalue weighted by molar-refractivity contribution is 5.91. The van der Waals surface area contributed by atoms with Crippen LogP contribution >= 0.6 is 0 Å². The Kier molecular flexibility index (Phi) is 4.07. The Hall–Kier alpha value is -1.72. The summed E-state index contributed by atoms with van der Waals surface area (Å²) in [4.78, 5) is 16.6. The van der Waals surface area contributed by atoms with Crippen LogP contribution in [-0.4, -0.2) is 22.4 Å². The molecule has 18 heavy (non-hydrogen) atoms. The van der Waals surface area contributed by atoms with E-state index in [0.717, 1.165) is 32.1 Å². The summed E-state index contributed by atoms with van der Waals surface area (Å²) in [5.41, 5.74) is 0.474. The van der Waals surface area contributed by atoms with Crippen LogP contribution in [0, 0.1) is 0 Å². The maximum Gasteiger partial charge on any atom is 0.383 e. The van der Waals surface area contributed by atoms with Crippen molar-refractivity contribution >= 4 is 11.7 Å². The predicted octanol–water partition coefficient (Wildman–Crippen LogP) is 3.41. The van der Waals surface area contributed by atoms with E-state index in [0.29, 0.717) is 5.69 Å². The molecule has 0 spiro atoms. The van der Waals surface area contributed by atoms with Gasteiger partial charge in [0.1, 0.15) is 0 Å². The van der Waals surface area contributed by atoms with Gasteiger partial charge in [-0.25, -0.2) is 4.79 Å². The van der Waals surface area contributed by atoms with Gasteiger partial charge in [0, 0.05) is 29.5 Å². The highest BCUT2D eigenvalue weighted by Gasteiger charge is 2.30. The summed E-state index contributed by atoms with van der Waals surface area (Å²) >= 11 is 0. The van der Waals surface area contributed by atoms with Gasteiger partial charge in [0.15, 0.2) is 0 Å². The van der Waals surface area contributed by atoms with E-state index in [4.69, 9.17) is 0 Å². The minimum Gasteiger partial charge on any atom is -0.287 e. The van der Waals surface area contributed by atoms with Crippen LogP contribution < -0.4 is 4.90 Å². The number of urea groups is 1. The van der Waals surface area contributed by atoms with Crippen molar-refractivity contribution in [3.8, 4) is 0 Å². The smallest absolute Gasteiger partial charge is 0.287 e. The highest BCUT2D eigenvalue weighted by Crippen LogP contribution is 2.28. The van der Waals surface area contributed by atoms with E-state index < -0.39 is 11.4 Å². The summed E-state index contributed by atoms with van der Waals surface area (Å²) in [5.74, 6) is 0. The Balaban J connectivity index is 2.25. The molecule has 0 aromatic carbocycles. The van der Waals surface area contributed by atoms with E-state index >= 15 is 0 Å². The van der Waals surface area contributed by atoms with Crippen LogP contribution in [0.1, 0.15) is 32.1 Å². The number of carbonyl (C=O) groups excluding carboxylic acids is 1. The molecule has 1 aliphatic rings. The molecule has 2 rings (SSSR count). The average molecular weight is 255 g/mol. The quantitative estimate of drug-likeness (QED) is 0.759. The summed E-state index contributed by atoms with van der Waals surface area (Å²) < 4.78 is 25.1. The summed E-state index contributed by atoms with van der Waals surface area (Å²) in [6.07, 6.45) is 7.57. The second-order valence-corrected chi connectivity index (χ2v) is 4.38. The van der Waals surface area contributed by atoms with Crippen LogP contribution in [0.3, 0.4) is 0 Å². The Morgan fingerprint density at radius 1 is 1.17 bits per heavy atom. The number of carbonyl (C=O) groups is 1. The van der Waals surface area contributed by atoms with Crippen molar-refractivity contribution in [2.45, 2.75) is 38.1 Å². The predicted molar refractivity (Wildman–Crippen MR) is 63.0 cm³/mol. The highest BCUT2D eigenvalue weighted by atomic mass is 19.4. The molecule has 98 valence electrons. The first-order valence-corrected chi connectivity index (χ1v) is 6.05. The maximum atomic E-state index is 12.5. The van der Waals surface area contributed by atoms with E-state index in [1.54, 1.807) is 12.1 Å². The molecule has 1 saturated carbocycles. The van der Waals surface area contributed by atoms with Crippen LogP contribution in [0.5, 0.6) is 0 Å². The molecule has 0 aliphatic heterocycles. The maximum absolute atomic E-state index is 12.5. The monoisotopic (exact) mass is 255 g/mol. The standard InChI is InChI=1S/C12H15F2N3O/c13-17(14)12(18)16(10-4-2-1-3-5-10)11-6-8-15-9-7-11/h6-10H,1-5H2. The van der Waals surface area contributed by atoms with Gasteiger partial charge in [-0.3, -0.25) is 9.88 Å². The number of hydrogen-bond donors (Lipinski definition) is 0. The van der Waals surface area contributed by atoms with Crippen LogP contribution in [0.15, 0.2) is 24.5 Å². The van der Waals surface area contributed by atoms with Crippen LogP contribution in [0.4, 0.5) is 19.4 Å². The van der Waals surface area contributed by atoms with Crippen molar-refractivity contribution in [2.24, 2.45) is 0 Å². The average Bonchev–Trinajstić information content (AvgIpc) is 2.41. The Bertz CT molecular complexity index is 394. The summed E-state index contributed by atoms with van der Waals surface area (Å²) in [6, 6.07) is 1.74. The molecule has 1 aliphatic carbocycles. The fourth-order valence-electron chi connectivity index (χ4n) is 2.40. The molecule has 4 nitrogen and oxygen atoms in total. The fraction of sp³-hybridized carbons (Fsp3) is 0.500. The van der Waals surface area contributed by atoms with Gasteiger partial charge in [-0.2, -0.15) is 0 Å². The summed E-state index contributed by atoms with van der Waals surface area (Å²) in [6.45, 7) is 0. The zero-order valence-electron chi connectivity index (χ0n) is 9.93. The number of anilines is 1. The van der Waals surface area contributed by atoms with E-state index in [1.165, 1.54) is 17.3 Å². The largest absolute Gasteiger partial charge is 0.383 e. The molecule has 0 radical (unpaired) electrons. The van der Waals surface area contributed by atoms with Gasteiger partial charge in [-0.1, -0.05) is 28.2 Å². The van der Waals surface area contributed by atoms with E-state index in [1.807, 2.05) is 0 Å². The summed E-state index contributed by atoms with van der Waals surface area (Å²) in [7, 11) is 0. The number of rotatable bonds is 2. The van der Waals surface area contributed by atoms with Crippen molar-refractivity contribution in [2.75, 3.05) is 4.90 Å². The van der Waals surface area contributed by atoms with E-state index in [-0.39, 0.29) is 6.04 Å². The summed E-state index contributed by atoms with van der Waals surface area (Å²) in [5, 5.41) is -1.35. The lowest BCUT2D eigenvalue weighted by atomic mass is 9.94. The molecule has 1 heterocycles. The van der Waals surface area contributed by atoms with Crippen molar-refractivity contribution in [1.29, 1.82) is 0 Å². The number of aromatic nitrogens is 1. The second-order valence-electron chi connectivity index (χ2n) is 4.38. The lowest BCUT2D eigenvalue weighted by Crippen LogP contribution is -2.44. The van der Waals surface area contributed by atoms with Crippen LogP contribution in [0.25, 0.3) is 0 Å². The Labute approximate surface area is 104 Å². The Morgan fingerprint density at radius 3 is 2.33 bits per heavy atom. The number of amides is 2. The minimum atomic E-state index is -1.35. The lowest BCUT2D eigenvalue weighted by molar-refractivity contribution is -0.0969. The third kappa shape index (κ3) is 2.75. The number of hydrogen-bond acceptors (Lipinski definition) is 2. The first-order valence-electron chi connectivity index (χ1n) is 6.05. The first kappa shape index (κ1) is 12.7. The molecule has 0 N–H and O–H groups in total. The SMILES string of the molecule is O=C(N(F)F)N(c1ccncc1)C1CCCCC1. The van der Waals surface area contributed by atoms with Gasteiger partial charge >= 0.3 is 6.03 Å². The third-order valence-electron chi connectivity index (χ3n) is 3.23. The third-order valence-corrected chi connectivity index (χ3v) is 3.23. The van der Waals surface area contributed by atoms with Gasteiger partial charge < -0.3 is 0 Å². The van der Waals surface area contributed by atoms with Crippen molar-refractivity contribution in [3.63, 3.8) is 0 Å². The molecule has 1 fully saturated rings. The van der Waals surface area contributed by atoms with E-state index in [9.17, 15) is 13.8 Å². The van der Waals surface area contributed by atoms with Gasteiger partial charge in [-0.15, -0.1) is 0 Å². The lowest BCUT2D eigenvalue weighted by Gasteiger charge is -2.33. The molecule has 1 aromatic rings. The van der Waals surface area contributed by atoms with Gasteiger partial charge in [-0.05, 0) is 25.0 Å². The fourth-order valence-corrected chi connectivity index (χ4v) is 2.40. The topological polar surface area (TPSA) is 36.4 Å². The van der Waals surface area contributed by atoms with Crippen molar-refractivity contribution in [3.05, 3.63) is 24.5 Å². The number of nitrogens with zero attached hydrogens (tertiary/aromatic N) is 3. The second kappa shape index (κ2) is 5.75. The zero-order chi connectivity index (χ0) is 13.0. The minimum absolute atomic E-state index is 0.150. The molecule has 0 bridgehead atoms. The van der Waals surface area contributed by atoms with Gasteiger partial charge in [0.05, 0.1) is 0 Å². The molecule has 6 heteroatoms. The normalized spacial score (nSPS) is 16.3. The van der Waals surface area contributed by atoms with Gasteiger partial charge in [0.25, 0.3) is 0 Å². The number of halogens is 2. The molecule has 1 aromatic heterocycles. The Morgan fingerprint density at radius 2 is 1.78 bits per heavy atom. The first-order chi connectivity index (χ1) is 8.70. The van der Waals surface area contributed by atoms with Crippen LogP contribution in [0.2, 0.25) is 0 Å². The molecule has 2 amide bonds. The van der Waals surface area contributed by atoms with E-state index in [2.05, 4.69) is 4.98 Å².